The van der Waals surface area contributed by atoms with Gasteiger partial charge >= 0.3 is 6.03 Å². The number of benzene rings is 3. The van der Waals surface area contributed by atoms with Crippen LogP contribution in [0.3, 0.4) is 0 Å². The first-order valence-corrected chi connectivity index (χ1v) is 11.5. The van der Waals surface area contributed by atoms with E-state index >= 15 is 0 Å². The van der Waals surface area contributed by atoms with Crippen LogP contribution >= 0.6 is 0 Å². The minimum Gasteiger partial charge on any atom is -0.353 e. The van der Waals surface area contributed by atoms with Gasteiger partial charge in [-0.2, -0.15) is 0 Å². The monoisotopic (exact) mass is 456 g/mol. The molecular weight excluding hydrogens is 424 g/mol. The molecule has 0 fully saturated rings. The molecule has 3 aromatic carbocycles. The summed E-state index contributed by atoms with van der Waals surface area (Å²) in [6.07, 6.45) is 4.65. The summed E-state index contributed by atoms with van der Waals surface area (Å²) in [6, 6.07) is 27.0. The quantitative estimate of drug-likeness (QED) is 0.255. The number of nitrogens with one attached hydrogen (secondary N) is 4. The van der Waals surface area contributed by atoms with Crippen molar-refractivity contribution in [2.75, 3.05) is 25.5 Å². The first kappa shape index (κ1) is 24.7. The van der Waals surface area contributed by atoms with E-state index in [2.05, 4.69) is 21.3 Å². The van der Waals surface area contributed by atoms with Gasteiger partial charge in [-0.15, -0.1) is 0 Å². The van der Waals surface area contributed by atoms with Gasteiger partial charge < -0.3 is 21.3 Å². The molecule has 0 aromatic heterocycles. The van der Waals surface area contributed by atoms with Crippen LogP contribution in [0.1, 0.15) is 12.0 Å². The lowest BCUT2D eigenvalue weighted by Gasteiger charge is -2.16. The van der Waals surface area contributed by atoms with Crippen LogP contribution in [-0.4, -0.2) is 38.1 Å². The van der Waals surface area contributed by atoms with Gasteiger partial charge in [-0.1, -0.05) is 78.9 Å². The first-order chi connectivity index (χ1) is 16.6. The third kappa shape index (κ3) is 8.56. The summed E-state index contributed by atoms with van der Waals surface area (Å²) in [4.78, 5) is 24.8. The molecule has 0 aliphatic rings. The van der Waals surface area contributed by atoms with E-state index in [-0.39, 0.29) is 18.0 Å². The van der Waals surface area contributed by atoms with Crippen molar-refractivity contribution < 1.29 is 9.59 Å². The van der Waals surface area contributed by atoms with E-state index < -0.39 is 0 Å². The second kappa shape index (κ2) is 13.6. The Morgan fingerprint density at radius 2 is 1.47 bits per heavy atom. The van der Waals surface area contributed by atoms with Crippen molar-refractivity contribution in [2.24, 2.45) is 0 Å². The molecular formula is C28H32N4O2. The van der Waals surface area contributed by atoms with E-state index in [0.29, 0.717) is 18.7 Å². The van der Waals surface area contributed by atoms with Gasteiger partial charge in [0.05, 0.1) is 6.04 Å². The molecule has 0 unspecified atom stereocenters. The van der Waals surface area contributed by atoms with Crippen molar-refractivity contribution in [3.05, 3.63) is 103 Å². The minimum absolute atomic E-state index is 0.173. The Balaban J connectivity index is 1.59. The van der Waals surface area contributed by atoms with Crippen molar-refractivity contribution in [2.45, 2.75) is 18.9 Å². The molecule has 0 aliphatic carbocycles. The molecule has 0 bridgehead atoms. The van der Waals surface area contributed by atoms with Crippen LogP contribution in [0.2, 0.25) is 0 Å². The zero-order chi connectivity index (χ0) is 24.0. The van der Waals surface area contributed by atoms with Gasteiger partial charge in [-0.25, -0.2) is 4.79 Å². The second-order valence-corrected chi connectivity index (χ2v) is 7.95. The predicted molar refractivity (Wildman–Crippen MR) is 139 cm³/mol. The molecule has 176 valence electrons. The van der Waals surface area contributed by atoms with Crippen LogP contribution in [0, 0.1) is 0 Å². The van der Waals surface area contributed by atoms with E-state index in [0.717, 1.165) is 29.7 Å². The van der Waals surface area contributed by atoms with Crippen molar-refractivity contribution in [1.82, 2.24) is 16.0 Å². The number of carbonyl (C=O) groups excluding carboxylic acids is 2. The molecule has 3 aromatic rings. The topological polar surface area (TPSA) is 82.3 Å². The van der Waals surface area contributed by atoms with Crippen molar-refractivity contribution in [3.8, 4) is 11.1 Å². The van der Waals surface area contributed by atoms with Crippen LogP contribution < -0.4 is 21.3 Å². The van der Waals surface area contributed by atoms with E-state index in [1.807, 2.05) is 92.0 Å². The molecule has 3 rings (SSSR count). The molecule has 0 radical (unpaired) electrons. The highest BCUT2D eigenvalue weighted by Crippen LogP contribution is 2.21. The summed E-state index contributed by atoms with van der Waals surface area (Å²) in [7, 11) is 1.88. The molecule has 6 heteroatoms. The number of rotatable bonds is 11. The van der Waals surface area contributed by atoms with E-state index in [9.17, 15) is 9.59 Å². The maximum Gasteiger partial charge on any atom is 0.319 e. The highest BCUT2D eigenvalue weighted by molar-refractivity contribution is 5.90. The first-order valence-electron chi connectivity index (χ1n) is 11.5. The van der Waals surface area contributed by atoms with Gasteiger partial charge in [0.25, 0.3) is 0 Å². The number of hydrogen-bond donors (Lipinski definition) is 4. The Kier molecular flexibility index (Phi) is 9.90. The third-order valence-electron chi connectivity index (χ3n) is 5.25. The number of carbonyl (C=O) groups is 2. The van der Waals surface area contributed by atoms with Gasteiger partial charge in [-0.3, -0.25) is 4.79 Å². The van der Waals surface area contributed by atoms with Crippen LogP contribution in [0.5, 0.6) is 0 Å². The van der Waals surface area contributed by atoms with Crippen molar-refractivity contribution in [3.63, 3.8) is 0 Å². The average Bonchev–Trinajstić information content (AvgIpc) is 2.87. The number of hydrogen-bond acceptors (Lipinski definition) is 3. The van der Waals surface area contributed by atoms with E-state index in [4.69, 9.17) is 0 Å². The fraction of sp³-hybridized carbons (Fsp3) is 0.214. The lowest BCUT2D eigenvalue weighted by molar-refractivity contribution is -0.116. The zero-order valence-electron chi connectivity index (χ0n) is 19.5. The van der Waals surface area contributed by atoms with Gasteiger partial charge in [0.1, 0.15) is 0 Å². The molecule has 3 amide bonds. The van der Waals surface area contributed by atoms with Crippen molar-refractivity contribution in [1.29, 1.82) is 0 Å². The zero-order valence-corrected chi connectivity index (χ0v) is 19.5. The second-order valence-electron chi connectivity index (χ2n) is 7.95. The van der Waals surface area contributed by atoms with Crippen molar-refractivity contribution >= 4 is 17.6 Å². The van der Waals surface area contributed by atoms with Gasteiger partial charge in [0, 0.05) is 18.3 Å². The SMILES string of the molecule is CNCCCNC(=O)C=C[C@H](Cc1ccccc1)NC(=O)Nc1ccc(-c2ccccc2)cc1. The third-order valence-corrected chi connectivity index (χ3v) is 5.25. The Bertz CT molecular complexity index is 1050. The summed E-state index contributed by atoms with van der Waals surface area (Å²) >= 11 is 0. The Labute approximate surface area is 201 Å². The maximum absolute atomic E-state index is 12.7. The molecule has 34 heavy (non-hydrogen) atoms. The Morgan fingerprint density at radius 3 is 2.15 bits per heavy atom. The molecule has 0 heterocycles. The molecule has 0 saturated carbocycles. The minimum atomic E-state index is -0.339. The Hall–Kier alpha value is -3.90. The molecule has 4 N–H and O–H groups in total. The number of urea groups is 1. The van der Waals surface area contributed by atoms with Crippen LogP contribution in [0.25, 0.3) is 11.1 Å². The fourth-order valence-corrected chi connectivity index (χ4v) is 3.49. The van der Waals surface area contributed by atoms with Crippen LogP contribution in [0.4, 0.5) is 10.5 Å². The number of anilines is 1. The summed E-state index contributed by atoms with van der Waals surface area (Å²) in [5.74, 6) is -0.173. The van der Waals surface area contributed by atoms with Gasteiger partial charge in [-0.05, 0) is 55.3 Å². The average molecular weight is 457 g/mol. The van der Waals surface area contributed by atoms with Crippen LogP contribution in [-0.2, 0) is 11.2 Å². The Morgan fingerprint density at radius 1 is 0.824 bits per heavy atom. The normalized spacial score (nSPS) is 11.7. The maximum atomic E-state index is 12.7. The van der Waals surface area contributed by atoms with Crippen LogP contribution in [0.15, 0.2) is 97.1 Å². The molecule has 0 aliphatic heterocycles. The molecule has 6 nitrogen and oxygen atoms in total. The lowest BCUT2D eigenvalue weighted by atomic mass is 10.1. The molecule has 1 atom stereocenters. The molecule has 0 spiro atoms. The fourth-order valence-electron chi connectivity index (χ4n) is 3.49. The number of amides is 3. The van der Waals surface area contributed by atoms with Gasteiger partial charge in [0.15, 0.2) is 0 Å². The summed E-state index contributed by atoms with van der Waals surface area (Å²) in [5, 5.41) is 11.7. The predicted octanol–water partition coefficient (Wildman–Crippen LogP) is 4.37. The lowest BCUT2D eigenvalue weighted by Crippen LogP contribution is -2.38. The van der Waals surface area contributed by atoms with E-state index in [1.54, 1.807) is 6.08 Å². The smallest absolute Gasteiger partial charge is 0.319 e. The summed E-state index contributed by atoms with van der Waals surface area (Å²) < 4.78 is 0. The highest BCUT2D eigenvalue weighted by Gasteiger charge is 2.11. The van der Waals surface area contributed by atoms with E-state index in [1.165, 1.54) is 6.08 Å². The standard InChI is InChI=1S/C28H32N4O2/c1-29-19-8-20-30-27(33)18-17-26(21-22-9-4-2-5-10-22)32-28(34)31-25-15-13-24(14-16-25)23-11-6-3-7-12-23/h2-7,9-18,26,29H,8,19-21H2,1H3,(H,30,33)(H2,31,32,34)/t26-/m1/s1. The summed E-state index contributed by atoms with van der Waals surface area (Å²) in [6.45, 7) is 1.44. The largest absolute Gasteiger partial charge is 0.353 e. The summed E-state index contributed by atoms with van der Waals surface area (Å²) in [5.41, 5.74) is 3.97. The molecule has 0 saturated heterocycles. The van der Waals surface area contributed by atoms with Gasteiger partial charge in [0.2, 0.25) is 5.91 Å². The highest BCUT2D eigenvalue weighted by atomic mass is 16.2.